The van der Waals surface area contributed by atoms with E-state index in [4.69, 9.17) is 0 Å². The number of hydrogen-bond donors (Lipinski definition) is 1. The molecule has 0 aliphatic rings. The second kappa shape index (κ2) is 5.75. The molecule has 2 rings (SSSR count). The summed E-state index contributed by atoms with van der Waals surface area (Å²) in [5, 5.41) is 14.6. The smallest absolute Gasteiger partial charge is 0.327 e. The van der Waals surface area contributed by atoms with Gasteiger partial charge in [-0.25, -0.2) is 4.98 Å². The van der Waals surface area contributed by atoms with E-state index in [0.717, 1.165) is 16.0 Å². The summed E-state index contributed by atoms with van der Waals surface area (Å²) >= 11 is 1.58. The van der Waals surface area contributed by atoms with Crippen LogP contribution in [0.4, 0.5) is 15.8 Å². The van der Waals surface area contributed by atoms with Crippen molar-refractivity contribution >= 4 is 22.7 Å². The van der Waals surface area contributed by atoms with Crippen molar-refractivity contribution in [2.24, 2.45) is 0 Å². The number of rotatable bonds is 5. The highest BCUT2D eigenvalue weighted by Crippen LogP contribution is 2.27. The molecule has 0 aliphatic carbocycles. The molecule has 0 saturated heterocycles. The Labute approximate surface area is 113 Å². The van der Waals surface area contributed by atoms with E-state index in [0.29, 0.717) is 13.0 Å². The van der Waals surface area contributed by atoms with Gasteiger partial charge in [-0.2, -0.15) is 4.39 Å². The Morgan fingerprint density at radius 2 is 2.32 bits per heavy atom. The molecule has 1 N–H and O–H groups in total. The minimum atomic E-state index is -0.833. The van der Waals surface area contributed by atoms with E-state index in [9.17, 15) is 14.5 Å². The van der Waals surface area contributed by atoms with Crippen molar-refractivity contribution in [3.8, 4) is 0 Å². The van der Waals surface area contributed by atoms with Gasteiger partial charge < -0.3 is 5.32 Å². The fourth-order valence-electron chi connectivity index (χ4n) is 1.66. The van der Waals surface area contributed by atoms with Gasteiger partial charge in [0.25, 0.3) is 0 Å². The standard InChI is InChI=1S/C12H12FN3O2S/c1-8-7-15-11(19-8)5-6-14-10-4-2-3-9(13)12(10)16(17)18/h2-4,7,14H,5-6H2,1H3. The molecular weight excluding hydrogens is 269 g/mol. The highest BCUT2D eigenvalue weighted by atomic mass is 32.1. The molecule has 0 atom stereocenters. The predicted octanol–water partition coefficient (Wildman–Crippen LogP) is 3.15. The molecule has 7 heteroatoms. The van der Waals surface area contributed by atoms with Crippen molar-refractivity contribution < 1.29 is 9.31 Å². The summed E-state index contributed by atoms with van der Waals surface area (Å²) in [6, 6.07) is 4.01. The first kappa shape index (κ1) is 13.4. The highest BCUT2D eigenvalue weighted by Gasteiger charge is 2.19. The summed E-state index contributed by atoms with van der Waals surface area (Å²) in [7, 11) is 0. The Morgan fingerprint density at radius 3 is 2.95 bits per heavy atom. The number of para-hydroxylation sites is 1. The highest BCUT2D eigenvalue weighted by molar-refractivity contribution is 7.11. The topological polar surface area (TPSA) is 68.1 Å². The lowest BCUT2D eigenvalue weighted by Gasteiger charge is -2.06. The largest absolute Gasteiger partial charge is 0.379 e. The molecule has 1 aromatic carbocycles. The molecule has 1 aromatic heterocycles. The van der Waals surface area contributed by atoms with Gasteiger partial charge in [0.15, 0.2) is 0 Å². The zero-order chi connectivity index (χ0) is 13.8. The monoisotopic (exact) mass is 281 g/mol. The Kier molecular flexibility index (Phi) is 4.06. The van der Waals surface area contributed by atoms with Gasteiger partial charge in [-0.05, 0) is 19.1 Å². The van der Waals surface area contributed by atoms with Gasteiger partial charge in [-0.3, -0.25) is 10.1 Å². The normalized spacial score (nSPS) is 10.4. The van der Waals surface area contributed by atoms with Crippen molar-refractivity contribution in [1.82, 2.24) is 4.98 Å². The molecular formula is C12H12FN3O2S. The summed E-state index contributed by atoms with van der Waals surface area (Å²) in [5.74, 6) is -0.833. The number of aromatic nitrogens is 1. The van der Waals surface area contributed by atoms with Crippen LogP contribution < -0.4 is 5.32 Å². The van der Waals surface area contributed by atoms with E-state index in [2.05, 4.69) is 10.3 Å². The van der Waals surface area contributed by atoms with Gasteiger partial charge >= 0.3 is 5.69 Å². The molecule has 0 radical (unpaired) electrons. The van der Waals surface area contributed by atoms with Crippen LogP contribution in [0.2, 0.25) is 0 Å². The second-order valence-electron chi connectivity index (χ2n) is 3.93. The van der Waals surface area contributed by atoms with Gasteiger partial charge in [0.05, 0.1) is 9.93 Å². The van der Waals surface area contributed by atoms with Crippen LogP contribution in [0.1, 0.15) is 9.88 Å². The maximum Gasteiger partial charge on any atom is 0.327 e. The van der Waals surface area contributed by atoms with Gasteiger partial charge in [0, 0.05) is 24.0 Å². The summed E-state index contributed by atoms with van der Waals surface area (Å²) < 4.78 is 13.4. The maximum atomic E-state index is 13.4. The number of nitrogens with one attached hydrogen (secondary N) is 1. The second-order valence-corrected chi connectivity index (χ2v) is 5.25. The zero-order valence-corrected chi connectivity index (χ0v) is 11.0. The van der Waals surface area contributed by atoms with E-state index >= 15 is 0 Å². The van der Waals surface area contributed by atoms with E-state index in [1.54, 1.807) is 17.5 Å². The lowest BCUT2D eigenvalue weighted by Crippen LogP contribution is -2.07. The van der Waals surface area contributed by atoms with E-state index in [1.165, 1.54) is 12.1 Å². The first-order valence-corrected chi connectivity index (χ1v) is 6.47. The molecule has 0 spiro atoms. The summed E-state index contributed by atoms with van der Waals surface area (Å²) in [6.45, 7) is 2.43. The van der Waals surface area contributed by atoms with Gasteiger partial charge in [-0.1, -0.05) is 6.07 Å². The molecule has 1 heterocycles. The fraction of sp³-hybridized carbons (Fsp3) is 0.250. The van der Waals surface area contributed by atoms with Crippen LogP contribution in [0.3, 0.4) is 0 Å². The fourth-order valence-corrected chi connectivity index (χ4v) is 2.45. The van der Waals surface area contributed by atoms with Crippen molar-refractivity contribution in [3.05, 3.63) is 50.2 Å². The Hall–Kier alpha value is -2.02. The molecule has 5 nitrogen and oxygen atoms in total. The predicted molar refractivity (Wildman–Crippen MR) is 72.1 cm³/mol. The molecule has 0 fully saturated rings. The minimum Gasteiger partial charge on any atom is -0.379 e. The number of hydrogen-bond acceptors (Lipinski definition) is 5. The van der Waals surface area contributed by atoms with Gasteiger partial charge in [0.1, 0.15) is 5.69 Å². The molecule has 2 aromatic rings. The molecule has 0 aliphatic heterocycles. The van der Waals surface area contributed by atoms with Crippen LogP contribution in [-0.4, -0.2) is 16.5 Å². The van der Waals surface area contributed by atoms with Gasteiger partial charge in [0.2, 0.25) is 5.82 Å². The van der Waals surface area contributed by atoms with E-state index in [1.807, 2.05) is 6.92 Å². The van der Waals surface area contributed by atoms with E-state index in [-0.39, 0.29) is 5.69 Å². The lowest BCUT2D eigenvalue weighted by atomic mass is 10.2. The molecule has 0 bridgehead atoms. The first-order chi connectivity index (χ1) is 9.08. The number of halogens is 1. The summed E-state index contributed by atoms with van der Waals surface area (Å²) in [5.41, 5.74) is -0.323. The van der Waals surface area contributed by atoms with E-state index < -0.39 is 16.4 Å². The number of nitrogens with zero attached hydrogens (tertiary/aromatic N) is 2. The number of nitro groups is 1. The summed E-state index contributed by atoms with van der Waals surface area (Å²) in [4.78, 5) is 15.4. The lowest BCUT2D eigenvalue weighted by molar-refractivity contribution is -0.386. The third kappa shape index (κ3) is 3.25. The maximum absolute atomic E-state index is 13.4. The summed E-state index contributed by atoms with van der Waals surface area (Å²) in [6.07, 6.45) is 2.43. The number of nitro benzene ring substituents is 1. The zero-order valence-electron chi connectivity index (χ0n) is 10.2. The quantitative estimate of drug-likeness (QED) is 0.675. The van der Waals surface area contributed by atoms with Crippen LogP contribution in [0, 0.1) is 22.9 Å². The molecule has 100 valence electrons. The molecule has 0 amide bonds. The Bertz CT molecular complexity index is 600. The molecule has 0 unspecified atom stereocenters. The van der Waals surface area contributed by atoms with Crippen LogP contribution in [-0.2, 0) is 6.42 Å². The third-order valence-corrected chi connectivity index (χ3v) is 3.47. The van der Waals surface area contributed by atoms with Crippen LogP contribution in [0.5, 0.6) is 0 Å². The number of anilines is 1. The SMILES string of the molecule is Cc1cnc(CCNc2cccc(F)c2[N+](=O)[O-])s1. The Morgan fingerprint density at radius 1 is 1.53 bits per heavy atom. The number of benzene rings is 1. The minimum absolute atomic E-state index is 0.193. The van der Waals surface area contributed by atoms with Crippen molar-refractivity contribution in [3.63, 3.8) is 0 Å². The van der Waals surface area contributed by atoms with Gasteiger partial charge in [-0.15, -0.1) is 11.3 Å². The number of aryl methyl sites for hydroxylation is 1. The third-order valence-electron chi connectivity index (χ3n) is 2.49. The average Bonchev–Trinajstić information content (AvgIpc) is 2.74. The van der Waals surface area contributed by atoms with Crippen LogP contribution >= 0.6 is 11.3 Å². The molecule has 19 heavy (non-hydrogen) atoms. The van der Waals surface area contributed by atoms with Crippen molar-refractivity contribution in [2.45, 2.75) is 13.3 Å². The Balaban J connectivity index is 2.03. The number of thiazole rings is 1. The van der Waals surface area contributed by atoms with Crippen molar-refractivity contribution in [2.75, 3.05) is 11.9 Å². The molecule has 0 saturated carbocycles. The van der Waals surface area contributed by atoms with Crippen LogP contribution in [0.15, 0.2) is 24.4 Å². The average molecular weight is 281 g/mol. The first-order valence-electron chi connectivity index (χ1n) is 5.66. The van der Waals surface area contributed by atoms with Crippen molar-refractivity contribution in [1.29, 1.82) is 0 Å². The van der Waals surface area contributed by atoms with Crippen LogP contribution in [0.25, 0.3) is 0 Å².